The maximum Gasteiger partial charge on any atom is 0.410 e. The number of carbonyl (C=O) groups is 1. The molecule has 0 saturated carbocycles. The second kappa shape index (κ2) is 7.66. The summed E-state index contributed by atoms with van der Waals surface area (Å²) in [7, 11) is -2.00. The van der Waals surface area contributed by atoms with Crippen molar-refractivity contribution in [3.8, 4) is 0 Å². The van der Waals surface area contributed by atoms with Crippen LogP contribution in [0.15, 0.2) is 0 Å². The van der Waals surface area contributed by atoms with E-state index < -0.39 is 21.8 Å². The molecule has 0 N–H and O–H groups in total. The molecule has 0 aromatic heterocycles. The lowest BCUT2D eigenvalue weighted by Gasteiger charge is -2.27. The summed E-state index contributed by atoms with van der Waals surface area (Å²) in [6.07, 6.45) is 0.432. The van der Waals surface area contributed by atoms with E-state index in [1.807, 2.05) is 0 Å². The molecule has 0 aliphatic rings. The van der Waals surface area contributed by atoms with E-state index >= 15 is 0 Å². The lowest BCUT2D eigenvalue weighted by molar-refractivity contribution is 0.0178. The molecule has 0 atom stereocenters. The van der Waals surface area contributed by atoms with Crippen LogP contribution in [0.1, 0.15) is 20.8 Å². The summed E-state index contributed by atoms with van der Waals surface area (Å²) in [5.74, 6) is 0. The van der Waals surface area contributed by atoms with Crippen LogP contribution in [0.5, 0.6) is 0 Å². The number of carbonyl (C=O) groups excluding carboxylic acids is 1. The van der Waals surface area contributed by atoms with Gasteiger partial charge in [-0.05, 0) is 20.8 Å². The van der Waals surface area contributed by atoms with Gasteiger partial charge in [-0.15, -0.1) is 0 Å². The van der Waals surface area contributed by atoms with Crippen molar-refractivity contribution >= 4 is 16.2 Å². The molecule has 19 heavy (non-hydrogen) atoms. The lowest BCUT2D eigenvalue weighted by Crippen LogP contribution is -2.40. The Morgan fingerprint density at radius 3 is 2.11 bits per heavy atom. The van der Waals surface area contributed by atoms with Gasteiger partial charge in [0, 0.05) is 20.2 Å². The van der Waals surface area contributed by atoms with E-state index in [4.69, 9.17) is 9.47 Å². The van der Waals surface area contributed by atoms with Gasteiger partial charge in [-0.25, -0.2) is 4.79 Å². The number of nitrogens with zero attached hydrogens (tertiary/aromatic N) is 1. The highest BCUT2D eigenvalue weighted by molar-refractivity contribution is 7.85. The first-order chi connectivity index (χ1) is 8.55. The zero-order valence-corrected chi connectivity index (χ0v) is 12.9. The molecule has 1 amide bonds. The Hall–Kier alpha value is -0.860. The molecule has 0 aromatic carbocycles. The molecule has 0 aliphatic carbocycles. The molecular weight excluding hydrogens is 274 g/mol. The Labute approximate surface area is 114 Å². The number of ether oxygens (including phenoxy) is 2. The summed E-state index contributed by atoms with van der Waals surface area (Å²) < 4.78 is 36.4. The van der Waals surface area contributed by atoms with Gasteiger partial charge in [0.1, 0.15) is 5.60 Å². The van der Waals surface area contributed by atoms with E-state index in [0.717, 1.165) is 6.26 Å². The van der Waals surface area contributed by atoms with Crippen LogP contribution in [0.2, 0.25) is 0 Å². The maximum atomic E-state index is 11.9. The van der Waals surface area contributed by atoms with Crippen LogP contribution in [-0.4, -0.2) is 64.7 Å². The van der Waals surface area contributed by atoms with Crippen LogP contribution in [0.3, 0.4) is 0 Å². The highest BCUT2D eigenvalue weighted by atomic mass is 32.2. The number of hydrogen-bond donors (Lipinski definition) is 0. The molecule has 7 nitrogen and oxygen atoms in total. The largest absolute Gasteiger partial charge is 0.444 e. The van der Waals surface area contributed by atoms with Crippen molar-refractivity contribution in [1.82, 2.24) is 4.90 Å². The van der Waals surface area contributed by atoms with Crippen molar-refractivity contribution in [2.24, 2.45) is 0 Å². The van der Waals surface area contributed by atoms with E-state index in [-0.39, 0.29) is 13.2 Å². The molecule has 0 fully saturated rings. The predicted octanol–water partition coefficient (Wildman–Crippen LogP) is 0.846. The predicted molar refractivity (Wildman–Crippen MR) is 70.5 cm³/mol. The second-order valence-corrected chi connectivity index (χ2v) is 6.63. The molecule has 0 aromatic rings. The number of rotatable bonds is 7. The summed E-state index contributed by atoms with van der Waals surface area (Å²) in [6, 6.07) is 0. The molecule has 0 heterocycles. The van der Waals surface area contributed by atoms with E-state index in [0.29, 0.717) is 13.2 Å². The fourth-order valence-electron chi connectivity index (χ4n) is 1.12. The van der Waals surface area contributed by atoms with Crippen LogP contribution < -0.4 is 0 Å². The Bertz CT molecular complexity index is 373. The highest BCUT2D eigenvalue weighted by Crippen LogP contribution is 2.09. The standard InChI is InChI=1S/C11H23NO6S/c1-11(2,3)18-10(13)12(6-8-16-4)7-9-17-19(5,14)15/h6-9H2,1-5H3. The quantitative estimate of drug-likeness (QED) is 0.648. The van der Waals surface area contributed by atoms with Gasteiger partial charge in [-0.1, -0.05) is 0 Å². The van der Waals surface area contributed by atoms with Gasteiger partial charge in [0.2, 0.25) is 0 Å². The first-order valence-electron chi connectivity index (χ1n) is 5.86. The summed E-state index contributed by atoms with van der Waals surface area (Å²) in [4.78, 5) is 13.2. The summed E-state index contributed by atoms with van der Waals surface area (Å²) in [5, 5.41) is 0. The zero-order chi connectivity index (χ0) is 15.1. The van der Waals surface area contributed by atoms with E-state index in [2.05, 4.69) is 4.18 Å². The Balaban J connectivity index is 4.41. The van der Waals surface area contributed by atoms with E-state index in [1.165, 1.54) is 12.0 Å². The fraction of sp³-hybridized carbons (Fsp3) is 0.909. The summed E-state index contributed by atoms with van der Waals surface area (Å²) >= 11 is 0. The number of hydrogen-bond acceptors (Lipinski definition) is 6. The molecule has 114 valence electrons. The zero-order valence-electron chi connectivity index (χ0n) is 12.1. The van der Waals surface area contributed by atoms with Crippen molar-refractivity contribution in [2.45, 2.75) is 26.4 Å². The molecule has 0 rings (SSSR count). The SMILES string of the molecule is COCCN(CCOS(C)(=O)=O)C(=O)OC(C)(C)C. The van der Waals surface area contributed by atoms with Gasteiger partial charge in [0.15, 0.2) is 0 Å². The van der Waals surface area contributed by atoms with E-state index in [1.54, 1.807) is 20.8 Å². The fourth-order valence-corrected chi connectivity index (χ4v) is 1.50. The molecule has 0 radical (unpaired) electrons. The van der Waals surface area contributed by atoms with Crippen molar-refractivity contribution in [1.29, 1.82) is 0 Å². The van der Waals surface area contributed by atoms with Crippen LogP contribution in [0, 0.1) is 0 Å². The summed E-state index contributed by atoms with van der Waals surface area (Å²) in [5.41, 5.74) is -0.611. The van der Waals surface area contributed by atoms with Crippen molar-refractivity contribution in [3.63, 3.8) is 0 Å². The molecule has 0 saturated heterocycles. The van der Waals surface area contributed by atoms with Crippen LogP contribution in [0.25, 0.3) is 0 Å². The molecular formula is C11H23NO6S. The Kier molecular flexibility index (Phi) is 7.32. The van der Waals surface area contributed by atoms with Crippen LogP contribution in [0.4, 0.5) is 4.79 Å². The van der Waals surface area contributed by atoms with Crippen LogP contribution >= 0.6 is 0 Å². The molecule has 0 spiro atoms. The Morgan fingerprint density at radius 2 is 1.68 bits per heavy atom. The van der Waals surface area contributed by atoms with Gasteiger partial charge < -0.3 is 14.4 Å². The van der Waals surface area contributed by atoms with Crippen LogP contribution in [-0.2, 0) is 23.8 Å². The summed E-state index contributed by atoms with van der Waals surface area (Å²) in [6.45, 7) is 5.91. The van der Waals surface area contributed by atoms with Gasteiger partial charge in [0.05, 0.1) is 19.5 Å². The average Bonchev–Trinajstić information content (AvgIpc) is 2.18. The topological polar surface area (TPSA) is 82.1 Å². The lowest BCUT2D eigenvalue weighted by atomic mass is 10.2. The van der Waals surface area contributed by atoms with Gasteiger partial charge in [-0.3, -0.25) is 4.18 Å². The normalized spacial score (nSPS) is 12.3. The van der Waals surface area contributed by atoms with Crippen molar-refractivity contribution in [2.75, 3.05) is 39.7 Å². The van der Waals surface area contributed by atoms with Crippen molar-refractivity contribution < 1.29 is 26.9 Å². The van der Waals surface area contributed by atoms with Gasteiger partial charge in [0.25, 0.3) is 10.1 Å². The molecule has 0 aliphatic heterocycles. The highest BCUT2D eigenvalue weighted by Gasteiger charge is 2.22. The number of amides is 1. The molecule has 8 heteroatoms. The molecule has 0 unspecified atom stereocenters. The van der Waals surface area contributed by atoms with Crippen molar-refractivity contribution in [3.05, 3.63) is 0 Å². The minimum absolute atomic E-state index is 0.109. The molecule has 0 bridgehead atoms. The van der Waals surface area contributed by atoms with E-state index in [9.17, 15) is 13.2 Å². The third-order valence-electron chi connectivity index (χ3n) is 1.88. The third-order valence-corrected chi connectivity index (χ3v) is 2.47. The maximum absolute atomic E-state index is 11.9. The second-order valence-electron chi connectivity index (χ2n) is 4.99. The number of methoxy groups -OCH3 is 1. The minimum Gasteiger partial charge on any atom is -0.444 e. The minimum atomic E-state index is -3.51. The Morgan fingerprint density at radius 1 is 1.16 bits per heavy atom. The smallest absolute Gasteiger partial charge is 0.410 e. The first kappa shape index (κ1) is 18.1. The van der Waals surface area contributed by atoms with Gasteiger partial charge in [-0.2, -0.15) is 8.42 Å². The first-order valence-corrected chi connectivity index (χ1v) is 7.68. The average molecular weight is 297 g/mol. The third kappa shape index (κ3) is 10.7. The monoisotopic (exact) mass is 297 g/mol. The van der Waals surface area contributed by atoms with Gasteiger partial charge >= 0.3 is 6.09 Å².